The van der Waals surface area contributed by atoms with Crippen LogP contribution < -0.4 is 26.2 Å². The Bertz CT molecular complexity index is 1330. The predicted molar refractivity (Wildman–Crippen MR) is 155 cm³/mol. The molecule has 212 valence electrons. The van der Waals surface area contributed by atoms with Crippen LogP contribution in [0.5, 0.6) is 0 Å². The Labute approximate surface area is 233 Å². The molecule has 3 aromatic rings. The van der Waals surface area contributed by atoms with Crippen molar-refractivity contribution in [3.8, 4) is 0 Å². The number of anilines is 4. The van der Waals surface area contributed by atoms with Crippen molar-refractivity contribution in [2.24, 2.45) is 0 Å². The van der Waals surface area contributed by atoms with E-state index in [-0.39, 0.29) is 37.2 Å². The van der Waals surface area contributed by atoms with Crippen molar-refractivity contribution < 1.29 is 14.3 Å². The molecule has 1 aromatic carbocycles. The van der Waals surface area contributed by atoms with Crippen LogP contribution in [0.3, 0.4) is 0 Å². The van der Waals surface area contributed by atoms with Gasteiger partial charge in [-0.2, -0.15) is 5.10 Å². The third kappa shape index (κ3) is 6.64. The number of aromatic nitrogens is 3. The first kappa shape index (κ1) is 26.4. The highest BCUT2D eigenvalue weighted by Gasteiger charge is 2.30. The molecule has 1 aliphatic heterocycles. The molecule has 2 aliphatic carbocycles. The Morgan fingerprint density at radius 1 is 1.00 bits per heavy atom. The molecule has 0 spiro atoms. The van der Waals surface area contributed by atoms with Gasteiger partial charge < -0.3 is 30.9 Å². The fourth-order valence-electron chi connectivity index (χ4n) is 5.64. The zero-order valence-corrected chi connectivity index (χ0v) is 22.7. The van der Waals surface area contributed by atoms with Crippen molar-refractivity contribution in [3.05, 3.63) is 36.5 Å². The standard InChI is InChI=1S/C29H38N8O3/c38-27(17-30-20-8-9-20)34-25-12-13-26(32-22-10-11-24-19(15-22)16-31-36-24)35-28(25)37-14-4-7-23(37)18-40-29(39)33-21-5-2-1-3-6-21/h10-13,15-16,20-21,23,30H,1-9,14,17-18H2,(H,31,36)(H,32,35)(H,33,39)(H,34,38)/t23-/m0/s1. The fourth-order valence-corrected chi connectivity index (χ4v) is 5.64. The number of carbonyl (C=O) groups excluding carboxylic acids is 2. The topological polar surface area (TPSA) is 136 Å². The lowest BCUT2D eigenvalue weighted by Crippen LogP contribution is -2.40. The highest BCUT2D eigenvalue weighted by molar-refractivity contribution is 5.95. The number of H-pyrrole nitrogens is 1. The summed E-state index contributed by atoms with van der Waals surface area (Å²) in [5.74, 6) is 1.24. The number of hydrogen-bond acceptors (Lipinski definition) is 8. The van der Waals surface area contributed by atoms with Crippen molar-refractivity contribution >= 4 is 45.9 Å². The summed E-state index contributed by atoms with van der Waals surface area (Å²) in [6.07, 6.45) is 11.1. The van der Waals surface area contributed by atoms with E-state index in [1.54, 1.807) is 6.20 Å². The normalized spacial score (nSPS) is 19.5. The van der Waals surface area contributed by atoms with Gasteiger partial charge in [0.05, 0.1) is 30.0 Å². The fraction of sp³-hybridized carbons (Fsp3) is 0.517. The number of nitrogens with zero attached hydrogens (tertiary/aromatic N) is 3. The molecule has 3 fully saturated rings. The van der Waals surface area contributed by atoms with Gasteiger partial charge in [0, 0.05) is 29.7 Å². The van der Waals surface area contributed by atoms with Gasteiger partial charge in [0.25, 0.3) is 0 Å². The molecule has 1 atom stereocenters. The van der Waals surface area contributed by atoms with E-state index < -0.39 is 0 Å². The van der Waals surface area contributed by atoms with Crippen LogP contribution in [0, 0.1) is 0 Å². The zero-order chi connectivity index (χ0) is 27.3. The van der Waals surface area contributed by atoms with E-state index in [4.69, 9.17) is 9.72 Å². The molecule has 5 N–H and O–H groups in total. The molecule has 11 nitrogen and oxygen atoms in total. The summed E-state index contributed by atoms with van der Waals surface area (Å²) in [6, 6.07) is 10.3. The van der Waals surface area contributed by atoms with Crippen molar-refractivity contribution in [2.75, 3.05) is 35.2 Å². The summed E-state index contributed by atoms with van der Waals surface area (Å²) in [5, 5.41) is 20.8. The summed E-state index contributed by atoms with van der Waals surface area (Å²) in [6.45, 7) is 1.30. The van der Waals surface area contributed by atoms with Gasteiger partial charge in [-0.25, -0.2) is 9.78 Å². The highest BCUT2D eigenvalue weighted by Crippen LogP contribution is 2.33. The second-order valence-electron chi connectivity index (χ2n) is 11.1. The minimum atomic E-state index is -0.351. The van der Waals surface area contributed by atoms with Crippen molar-refractivity contribution in [2.45, 2.75) is 75.9 Å². The van der Waals surface area contributed by atoms with Gasteiger partial charge >= 0.3 is 6.09 Å². The van der Waals surface area contributed by atoms with Gasteiger partial charge in [-0.1, -0.05) is 19.3 Å². The molecule has 40 heavy (non-hydrogen) atoms. The molecule has 2 saturated carbocycles. The Morgan fingerprint density at radius 2 is 1.88 bits per heavy atom. The lowest BCUT2D eigenvalue weighted by molar-refractivity contribution is -0.115. The number of amides is 2. The van der Waals surface area contributed by atoms with Crippen LogP contribution in [0.15, 0.2) is 36.5 Å². The first-order valence-corrected chi connectivity index (χ1v) is 14.5. The predicted octanol–water partition coefficient (Wildman–Crippen LogP) is 4.42. The summed E-state index contributed by atoms with van der Waals surface area (Å²) in [5.41, 5.74) is 2.50. The lowest BCUT2D eigenvalue weighted by Gasteiger charge is -2.28. The maximum Gasteiger partial charge on any atom is 0.407 e. The Balaban J connectivity index is 1.17. The molecule has 1 saturated heterocycles. The molecule has 6 rings (SSSR count). The SMILES string of the molecule is O=C(CNC1CC1)Nc1ccc(Nc2ccc3[nH]ncc3c2)nc1N1CCC[C@H]1COC(=O)NC1CCCCC1. The highest BCUT2D eigenvalue weighted by atomic mass is 16.5. The van der Waals surface area contributed by atoms with Crippen molar-refractivity contribution in [3.63, 3.8) is 0 Å². The maximum absolute atomic E-state index is 12.8. The summed E-state index contributed by atoms with van der Waals surface area (Å²) < 4.78 is 5.69. The number of benzene rings is 1. The van der Waals surface area contributed by atoms with Crippen LogP contribution in [-0.2, 0) is 9.53 Å². The molecule has 2 amide bonds. The van der Waals surface area contributed by atoms with Crippen LogP contribution in [0.2, 0.25) is 0 Å². The Morgan fingerprint density at radius 3 is 2.73 bits per heavy atom. The third-order valence-corrected chi connectivity index (χ3v) is 7.97. The molecular formula is C29H38N8O3. The zero-order valence-electron chi connectivity index (χ0n) is 22.7. The summed E-state index contributed by atoms with van der Waals surface area (Å²) in [4.78, 5) is 32.4. The quantitative estimate of drug-likeness (QED) is 0.252. The number of hydrogen-bond donors (Lipinski definition) is 5. The number of pyridine rings is 1. The van der Waals surface area contributed by atoms with Gasteiger partial charge in [0.2, 0.25) is 5.91 Å². The van der Waals surface area contributed by atoms with Gasteiger partial charge in [-0.05, 0) is 68.9 Å². The van der Waals surface area contributed by atoms with Crippen LogP contribution in [0.4, 0.5) is 27.8 Å². The number of alkyl carbamates (subject to hydrolysis) is 1. The summed E-state index contributed by atoms with van der Waals surface area (Å²) in [7, 11) is 0. The molecule has 3 aliphatic rings. The summed E-state index contributed by atoms with van der Waals surface area (Å²) >= 11 is 0. The number of rotatable bonds is 10. The third-order valence-electron chi connectivity index (χ3n) is 7.97. The van der Waals surface area contributed by atoms with Crippen molar-refractivity contribution in [1.82, 2.24) is 25.8 Å². The number of ether oxygens (including phenoxy) is 1. The van der Waals surface area contributed by atoms with E-state index in [0.717, 1.165) is 74.5 Å². The second kappa shape index (κ2) is 12.1. The van der Waals surface area contributed by atoms with Crippen LogP contribution in [0.25, 0.3) is 10.9 Å². The van der Waals surface area contributed by atoms with Crippen LogP contribution in [-0.4, -0.2) is 65.0 Å². The minimum Gasteiger partial charge on any atom is -0.447 e. The van der Waals surface area contributed by atoms with Gasteiger partial charge in [0.15, 0.2) is 5.82 Å². The number of aromatic amines is 1. The van der Waals surface area contributed by atoms with Crippen molar-refractivity contribution in [1.29, 1.82) is 0 Å². The smallest absolute Gasteiger partial charge is 0.407 e. The Kier molecular flexibility index (Phi) is 7.99. The first-order chi connectivity index (χ1) is 19.6. The van der Waals surface area contributed by atoms with E-state index in [2.05, 4.69) is 36.4 Å². The van der Waals surface area contributed by atoms with Gasteiger partial charge in [-0.15, -0.1) is 0 Å². The average Bonchev–Trinajstić information content (AvgIpc) is 3.47. The molecular weight excluding hydrogens is 508 g/mol. The average molecular weight is 547 g/mol. The molecule has 0 radical (unpaired) electrons. The largest absolute Gasteiger partial charge is 0.447 e. The molecule has 2 aromatic heterocycles. The van der Waals surface area contributed by atoms with E-state index in [9.17, 15) is 9.59 Å². The first-order valence-electron chi connectivity index (χ1n) is 14.5. The number of fused-ring (bicyclic) bond motifs is 1. The van der Waals surface area contributed by atoms with Crippen LogP contribution >= 0.6 is 0 Å². The lowest BCUT2D eigenvalue weighted by atomic mass is 9.96. The Hall–Kier alpha value is -3.86. The van der Waals surface area contributed by atoms with E-state index in [1.807, 2.05) is 30.3 Å². The van der Waals surface area contributed by atoms with Gasteiger partial charge in [-0.3, -0.25) is 9.89 Å². The maximum atomic E-state index is 12.8. The number of nitrogens with one attached hydrogen (secondary N) is 5. The van der Waals surface area contributed by atoms with E-state index in [1.165, 1.54) is 6.42 Å². The number of carbonyl (C=O) groups is 2. The second-order valence-corrected chi connectivity index (χ2v) is 11.1. The van der Waals surface area contributed by atoms with E-state index >= 15 is 0 Å². The minimum absolute atomic E-state index is 0.0256. The monoisotopic (exact) mass is 546 g/mol. The van der Waals surface area contributed by atoms with Crippen LogP contribution in [0.1, 0.15) is 57.8 Å². The molecule has 0 bridgehead atoms. The molecule has 11 heteroatoms. The van der Waals surface area contributed by atoms with E-state index in [0.29, 0.717) is 23.4 Å². The molecule has 3 heterocycles. The molecule has 0 unspecified atom stereocenters. The van der Waals surface area contributed by atoms with Gasteiger partial charge in [0.1, 0.15) is 12.4 Å².